The number of amides is 1. The fraction of sp³-hybridized carbons (Fsp3) is 0.983. The third kappa shape index (κ3) is 34.3. The molecule has 29 heteroatoms. The highest BCUT2D eigenvalue weighted by Crippen LogP contribution is 2.20. The quantitative estimate of drug-likeness (QED) is 0.143. The first-order valence-electron chi connectivity index (χ1n) is 31.2. The summed E-state index contributed by atoms with van der Waals surface area (Å²) in [6, 6.07) is 1.30. The van der Waals surface area contributed by atoms with Crippen LogP contribution in [0.4, 0.5) is 0 Å². The van der Waals surface area contributed by atoms with Gasteiger partial charge < -0.3 is 9.64 Å². The molecule has 23 nitrogen and oxygen atoms in total. The van der Waals surface area contributed by atoms with E-state index < -0.39 is 60.1 Å². The van der Waals surface area contributed by atoms with Gasteiger partial charge in [0.05, 0.1) is 44.7 Å². The van der Waals surface area contributed by atoms with Crippen molar-refractivity contribution in [3.05, 3.63) is 0 Å². The van der Waals surface area contributed by atoms with Gasteiger partial charge in [0.2, 0.25) is 66.0 Å². The smallest absolute Gasteiger partial charge is 0.219 e. The summed E-state index contributed by atoms with van der Waals surface area (Å²) in [5.41, 5.74) is -0.330. The normalized spacial score (nSPS) is 18.0. The summed E-state index contributed by atoms with van der Waals surface area (Å²) in [6.45, 7) is 53.7. The largest absolute Gasteiger partial charge is 0.379 e. The van der Waals surface area contributed by atoms with Crippen molar-refractivity contribution in [1.82, 2.24) is 40.5 Å². The highest BCUT2D eigenvalue weighted by molar-refractivity contribution is 7.91. The number of piperidine rings is 1. The molecule has 1 amide bonds. The van der Waals surface area contributed by atoms with Crippen molar-refractivity contribution in [2.45, 2.75) is 255 Å². The monoisotopic (exact) mass is 1390 g/mol. The van der Waals surface area contributed by atoms with E-state index >= 15 is 0 Å². The highest BCUT2D eigenvalue weighted by Gasteiger charge is 2.33. The van der Waals surface area contributed by atoms with E-state index in [1.165, 1.54) is 37.7 Å². The fourth-order valence-electron chi connectivity index (χ4n) is 8.15. The van der Waals surface area contributed by atoms with Crippen LogP contribution in [0, 0.1) is 0 Å². The Balaban J connectivity index is -0.000000298. The van der Waals surface area contributed by atoms with Crippen LogP contribution < -0.4 is 0 Å². The zero-order valence-corrected chi connectivity index (χ0v) is 63.3. The maximum Gasteiger partial charge on any atom is 0.219 e. The molecule has 0 aromatic carbocycles. The van der Waals surface area contributed by atoms with Gasteiger partial charge in [0.15, 0.2) is 0 Å². The molecule has 88 heavy (non-hydrogen) atoms. The molecule has 0 N–H and O–H groups in total. The first kappa shape index (κ1) is 95.5. The first-order chi connectivity index (χ1) is 39.0. The molecule has 5 aliphatic rings. The van der Waals surface area contributed by atoms with E-state index in [1.807, 2.05) is 39.5 Å². The molecule has 0 radical (unpaired) electrons. The molecule has 0 saturated carbocycles. The standard InChI is InChI=1S/C9H18N2O.C8H17NO2S.C8H19NO2S.C7H15NO2S.C7H17NO2S.C7H15NO.C6H13NO2S.C5H13NO2S.2CH4/c1-8(2)10-4-6-11(7-5-10)9(3)12;1-8(2)12(10,11)9-6-4-3-5-7-9;1-7(2)12(10,11)9(6)8(3,4)5;1-7(2)11(9,10)8-5-3-4-6-8;1-5-8(6-2)11(9,10)7(3)4;1-7(2)8-3-5-9-6-4-8;1-6(2)10(8,9)7-4-3-5-7;1-5(2)9(7,8)6(3)4;;/h8H,4-7H2,1-3H3;8H,3-7H2,1-2H3;7H,1-6H3;7H,3-6H2,1-2H3;7H,5-6H2,1-4H3;7H,3-6H2,1-2H3;6H,3-5H2,1-2H3;5H,1-4H3;2*1H4. The van der Waals surface area contributed by atoms with Gasteiger partial charge in [0.1, 0.15) is 0 Å². The van der Waals surface area contributed by atoms with E-state index in [-0.39, 0.29) is 57.8 Å². The number of piperazine rings is 1. The zero-order valence-electron chi connectivity index (χ0n) is 58.4. The van der Waals surface area contributed by atoms with Crippen molar-refractivity contribution < 1.29 is 60.0 Å². The zero-order chi connectivity index (χ0) is 68.2. The van der Waals surface area contributed by atoms with Crippen LogP contribution >= 0.6 is 0 Å². The number of morpholine rings is 1. The second kappa shape index (κ2) is 44.5. The molecule has 5 heterocycles. The van der Waals surface area contributed by atoms with Crippen molar-refractivity contribution >= 4 is 66.0 Å². The molecule has 0 bridgehead atoms. The van der Waals surface area contributed by atoms with Crippen LogP contribution in [0.15, 0.2) is 0 Å². The van der Waals surface area contributed by atoms with Gasteiger partial charge in [-0.2, -0.15) is 4.31 Å². The Kier molecular flexibility index (Phi) is 48.3. The van der Waals surface area contributed by atoms with Crippen LogP contribution in [0.25, 0.3) is 0 Å². The number of carbonyl (C=O) groups is 1. The van der Waals surface area contributed by atoms with Gasteiger partial charge in [-0.15, -0.1) is 0 Å². The highest BCUT2D eigenvalue weighted by atomic mass is 32.2. The van der Waals surface area contributed by atoms with E-state index in [0.717, 1.165) is 124 Å². The summed E-state index contributed by atoms with van der Waals surface area (Å²) in [5, 5.41) is -1.75. The minimum Gasteiger partial charge on any atom is -0.379 e. The molecule has 0 aromatic heterocycles. The number of hydrogen-bond acceptors (Lipinski definition) is 16. The van der Waals surface area contributed by atoms with Crippen molar-refractivity contribution in [3.8, 4) is 0 Å². The van der Waals surface area contributed by atoms with Gasteiger partial charge >= 0.3 is 0 Å². The number of ether oxygens (including phenoxy) is 1. The molecule has 5 fully saturated rings. The van der Waals surface area contributed by atoms with Crippen molar-refractivity contribution in [3.63, 3.8) is 0 Å². The summed E-state index contributed by atoms with van der Waals surface area (Å²) >= 11 is 0. The topological polar surface area (TPSA) is 260 Å². The van der Waals surface area contributed by atoms with Crippen LogP contribution in [0.2, 0.25) is 0 Å². The van der Waals surface area contributed by atoms with E-state index in [4.69, 9.17) is 4.74 Å². The Bertz CT molecular complexity index is 2480. The summed E-state index contributed by atoms with van der Waals surface area (Å²) < 4.78 is 151. The Morgan fingerprint density at radius 3 is 0.864 bits per heavy atom. The van der Waals surface area contributed by atoms with Crippen molar-refractivity contribution in [2.24, 2.45) is 0 Å². The molecule has 0 spiro atoms. The van der Waals surface area contributed by atoms with Crippen LogP contribution in [0.5, 0.6) is 0 Å². The maximum absolute atomic E-state index is 11.6. The van der Waals surface area contributed by atoms with Crippen LogP contribution in [0.1, 0.15) is 206 Å². The summed E-state index contributed by atoms with van der Waals surface area (Å²) in [4.78, 5) is 17.7. The van der Waals surface area contributed by atoms with E-state index in [0.29, 0.717) is 25.2 Å². The Morgan fingerprint density at radius 1 is 0.409 bits per heavy atom. The van der Waals surface area contributed by atoms with Gasteiger partial charge in [-0.25, -0.2) is 72.0 Å². The van der Waals surface area contributed by atoms with Crippen LogP contribution in [0.3, 0.4) is 0 Å². The molecule has 0 aromatic rings. The van der Waals surface area contributed by atoms with Gasteiger partial charge in [-0.1, -0.05) is 35.1 Å². The number of sulfonamides is 6. The van der Waals surface area contributed by atoms with Crippen molar-refractivity contribution in [2.75, 3.05) is 126 Å². The van der Waals surface area contributed by atoms with E-state index in [2.05, 4.69) is 37.5 Å². The fourth-order valence-corrected chi connectivity index (χ4v) is 15.8. The number of nitrogens with zero attached hydrogens (tertiary/aromatic N) is 9. The predicted octanol–water partition coefficient (Wildman–Crippen LogP) is 7.83. The SMILES string of the molecule is C.C.CC(=O)N1CCN(C(C)C)CC1.CC(C)N1CCOCC1.CC(C)S(=O)(=O)N(C)C.CC(C)S(=O)(=O)N(C)C(C)(C)C.CC(C)S(=O)(=O)N1CCC1.CC(C)S(=O)(=O)N1CCCC1.CC(C)S(=O)(=O)N1CCCCC1.CCN(CC)S(=O)(=O)C(C)C. The second-order valence-electron chi connectivity index (χ2n) is 25.3. The minimum atomic E-state index is -3.10. The average molecular weight is 1390 g/mol. The summed E-state index contributed by atoms with van der Waals surface area (Å²) in [6.07, 6.45) is 6.27. The molecule has 536 valence electrons. The third-order valence-electron chi connectivity index (χ3n) is 15.0. The average Bonchev–Trinajstić information content (AvgIpc) is 3.96. The van der Waals surface area contributed by atoms with E-state index in [1.54, 1.807) is 106 Å². The Hall–Kier alpha value is -1.19. The molecular formula is C59H135N9O14S6. The maximum atomic E-state index is 11.6. The lowest BCUT2D eigenvalue weighted by Crippen LogP contribution is -2.50. The lowest BCUT2D eigenvalue weighted by Gasteiger charge is -2.36. The summed E-state index contributed by atoms with van der Waals surface area (Å²) in [5.74, 6) is 0.207. The van der Waals surface area contributed by atoms with E-state index in [9.17, 15) is 55.3 Å². The van der Waals surface area contributed by atoms with Gasteiger partial charge in [-0.05, 0) is 164 Å². The molecule has 5 rings (SSSR count). The van der Waals surface area contributed by atoms with Gasteiger partial charge in [-0.3, -0.25) is 14.6 Å². The predicted molar refractivity (Wildman–Crippen MR) is 371 cm³/mol. The lowest BCUT2D eigenvalue weighted by atomic mass is 10.1. The molecule has 5 saturated heterocycles. The Labute approximate surface area is 544 Å². The minimum absolute atomic E-state index is 0. The molecule has 5 aliphatic heterocycles. The molecule has 0 atom stereocenters. The molecule has 0 unspecified atom stereocenters. The van der Waals surface area contributed by atoms with Crippen molar-refractivity contribution in [1.29, 1.82) is 0 Å². The van der Waals surface area contributed by atoms with Gasteiger partial charge in [0.25, 0.3) is 0 Å². The molecule has 0 aliphatic carbocycles. The van der Waals surface area contributed by atoms with Crippen LogP contribution in [-0.2, 0) is 69.7 Å². The number of rotatable bonds is 16. The second-order valence-corrected chi connectivity index (χ2v) is 40.4. The summed E-state index contributed by atoms with van der Waals surface area (Å²) in [7, 11) is -13.2. The molecular weight excluding hydrogens is 1250 g/mol. The first-order valence-corrected chi connectivity index (χ1v) is 40.2. The Morgan fingerprint density at radius 2 is 0.693 bits per heavy atom. The number of carbonyl (C=O) groups excluding carboxylic acids is 1. The van der Waals surface area contributed by atoms with Gasteiger partial charge in [0, 0.05) is 137 Å². The lowest BCUT2D eigenvalue weighted by molar-refractivity contribution is -0.130. The third-order valence-corrected chi connectivity index (χ3v) is 29.0. The van der Waals surface area contributed by atoms with Crippen LogP contribution in [-0.4, -0.2) is 272 Å². The number of hydrogen-bond donors (Lipinski definition) is 0.